The summed E-state index contributed by atoms with van der Waals surface area (Å²) >= 11 is 9.49. The summed E-state index contributed by atoms with van der Waals surface area (Å²) in [6, 6.07) is 12.3. The molecule has 0 amide bonds. The Morgan fingerprint density at radius 3 is 2.58 bits per heavy atom. The zero-order valence-electron chi connectivity index (χ0n) is 11.0. The highest BCUT2D eigenvalue weighted by Gasteiger charge is 2.14. The Morgan fingerprint density at radius 2 is 1.95 bits per heavy atom. The Bertz CT molecular complexity index is 540. The summed E-state index contributed by atoms with van der Waals surface area (Å²) in [5.41, 5.74) is 1.16. The smallest absolute Gasteiger partial charge is 0.169 e. The first-order chi connectivity index (χ1) is 9.06. The van der Waals surface area contributed by atoms with Gasteiger partial charge in [-0.05, 0) is 60.0 Å². The van der Waals surface area contributed by atoms with E-state index in [-0.39, 0.29) is 6.04 Å². The lowest BCUT2D eigenvalue weighted by Gasteiger charge is -2.19. The van der Waals surface area contributed by atoms with Gasteiger partial charge in [0.05, 0.1) is 6.04 Å². The van der Waals surface area contributed by atoms with E-state index in [4.69, 9.17) is 16.0 Å². The molecule has 2 rings (SSSR count). The predicted molar refractivity (Wildman–Crippen MR) is 82.6 cm³/mol. The zero-order valence-corrected chi connectivity index (χ0v) is 13.3. The Morgan fingerprint density at radius 1 is 1.21 bits per heavy atom. The average Bonchev–Trinajstić information content (AvgIpc) is 2.79. The van der Waals surface area contributed by atoms with E-state index in [2.05, 4.69) is 41.2 Å². The summed E-state index contributed by atoms with van der Waals surface area (Å²) in [4.78, 5) is 0. The molecule has 19 heavy (non-hydrogen) atoms. The number of halogens is 2. The van der Waals surface area contributed by atoms with Crippen LogP contribution in [-0.2, 0) is 6.42 Å². The van der Waals surface area contributed by atoms with Crippen LogP contribution in [0.4, 0.5) is 0 Å². The molecule has 1 N–H and O–H groups in total. The minimum absolute atomic E-state index is 0.170. The molecule has 0 fully saturated rings. The fourth-order valence-corrected chi connectivity index (χ4v) is 2.65. The number of furan rings is 1. The van der Waals surface area contributed by atoms with Gasteiger partial charge in [-0.3, -0.25) is 0 Å². The van der Waals surface area contributed by atoms with Crippen LogP contribution >= 0.6 is 27.5 Å². The second kappa shape index (κ2) is 6.60. The van der Waals surface area contributed by atoms with Crippen LogP contribution in [0.5, 0.6) is 0 Å². The van der Waals surface area contributed by atoms with Crippen molar-refractivity contribution in [1.29, 1.82) is 0 Å². The van der Waals surface area contributed by atoms with Crippen LogP contribution < -0.4 is 5.32 Å². The second-order valence-electron chi connectivity index (χ2n) is 4.73. The monoisotopic (exact) mass is 341 g/mol. The Hall–Kier alpha value is -0.770. The number of hydrogen-bond acceptors (Lipinski definition) is 2. The fourth-order valence-electron chi connectivity index (χ4n) is 2.12. The number of benzene rings is 1. The van der Waals surface area contributed by atoms with Gasteiger partial charge < -0.3 is 9.73 Å². The highest BCUT2D eigenvalue weighted by Crippen LogP contribution is 2.22. The van der Waals surface area contributed by atoms with Crippen LogP contribution in [0.25, 0.3) is 0 Å². The van der Waals surface area contributed by atoms with Gasteiger partial charge in [-0.1, -0.05) is 29.8 Å². The third-order valence-electron chi connectivity index (χ3n) is 3.04. The minimum Gasteiger partial charge on any atom is -0.453 e. The number of nitrogens with one attached hydrogen (secondary N) is 1. The zero-order chi connectivity index (χ0) is 13.8. The molecule has 0 saturated heterocycles. The lowest BCUT2D eigenvalue weighted by Crippen LogP contribution is -2.30. The Kier molecular flexibility index (Phi) is 5.08. The predicted octanol–water partition coefficient (Wildman–Crippen LogP) is 4.98. The van der Waals surface area contributed by atoms with E-state index in [0.717, 1.165) is 27.4 Å². The van der Waals surface area contributed by atoms with Gasteiger partial charge in [0.25, 0.3) is 0 Å². The van der Waals surface area contributed by atoms with E-state index >= 15 is 0 Å². The van der Waals surface area contributed by atoms with Crippen LogP contribution in [0.2, 0.25) is 5.02 Å². The maximum atomic E-state index is 6.17. The maximum absolute atomic E-state index is 6.17. The molecule has 0 aliphatic carbocycles. The molecule has 2 nitrogen and oxygen atoms in total. The third kappa shape index (κ3) is 4.10. The van der Waals surface area contributed by atoms with Crippen molar-refractivity contribution in [2.24, 2.45) is 0 Å². The first kappa shape index (κ1) is 14.6. The fraction of sp³-hybridized carbons (Fsp3) is 0.333. The molecule has 1 heterocycles. The van der Waals surface area contributed by atoms with Crippen LogP contribution in [0.15, 0.2) is 45.5 Å². The lowest BCUT2D eigenvalue weighted by molar-refractivity contribution is 0.389. The molecule has 2 aromatic rings. The van der Waals surface area contributed by atoms with E-state index in [1.165, 1.54) is 0 Å². The molecule has 1 aromatic heterocycles. The van der Waals surface area contributed by atoms with Crippen molar-refractivity contribution in [3.8, 4) is 0 Å². The van der Waals surface area contributed by atoms with E-state index in [1.54, 1.807) is 0 Å². The highest BCUT2D eigenvalue weighted by molar-refractivity contribution is 9.10. The molecule has 0 bridgehead atoms. The van der Waals surface area contributed by atoms with Gasteiger partial charge in [0, 0.05) is 11.1 Å². The van der Waals surface area contributed by atoms with Crippen molar-refractivity contribution in [3.63, 3.8) is 0 Å². The number of hydrogen-bond donors (Lipinski definition) is 1. The van der Waals surface area contributed by atoms with Gasteiger partial charge in [0.1, 0.15) is 5.76 Å². The summed E-state index contributed by atoms with van der Waals surface area (Å²) in [5, 5.41) is 4.34. The molecule has 4 heteroatoms. The minimum atomic E-state index is 0.170. The molecule has 2 atom stereocenters. The standard InChI is InChI=1S/C15H17BrClNO/c1-10(9-12-5-3-4-6-13(12)17)18-11(2)14-7-8-15(16)19-14/h3-8,10-11,18H,9H2,1-2H3. The van der Waals surface area contributed by atoms with Crippen LogP contribution in [-0.4, -0.2) is 6.04 Å². The van der Waals surface area contributed by atoms with E-state index in [0.29, 0.717) is 6.04 Å². The van der Waals surface area contributed by atoms with Gasteiger partial charge in [0.15, 0.2) is 4.67 Å². The molecule has 0 saturated carbocycles. The summed E-state index contributed by atoms with van der Waals surface area (Å²) in [5.74, 6) is 0.929. The summed E-state index contributed by atoms with van der Waals surface area (Å²) < 4.78 is 6.31. The van der Waals surface area contributed by atoms with Crippen molar-refractivity contribution in [1.82, 2.24) is 5.32 Å². The number of rotatable bonds is 5. The second-order valence-corrected chi connectivity index (χ2v) is 5.92. The normalized spacial score (nSPS) is 14.3. The summed E-state index contributed by atoms with van der Waals surface area (Å²) in [6.45, 7) is 4.24. The highest BCUT2D eigenvalue weighted by atomic mass is 79.9. The topological polar surface area (TPSA) is 25.2 Å². The lowest BCUT2D eigenvalue weighted by atomic mass is 10.1. The first-order valence-corrected chi connectivity index (χ1v) is 7.48. The van der Waals surface area contributed by atoms with Crippen molar-refractivity contribution in [3.05, 3.63) is 57.4 Å². The maximum Gasteiger partial charge on any atom is 0.169 e. The van der Waals surface area contributed by atoms with Gasteiger partial charge in [-0.15, -0.1) is 0 Å². The Balaban J connectivity index is 1.94. The molecule has 0 aliphatic heterocycles. The van der Waals surface area contributed by atoms with Crippen molar-refractivity contribution >= 4 is 27.5 Å². The van der Waals surface area contributed by atoms with Crippen molar-refractivity contribution < 1.29 is 4.42 Å². The van der Waals surface area contributed by atoms with Gasteiger partial charge in [-0.25, -0.2) is 0 Å². The molecule has 0 aliphatic rings. The van der Waals surface area contributed by atoms with E-state index in [9.17, 15) is 0 Å². The summed E-state index contributed by atoms with van der Waals surface area (Å²) in [7, 11) is 0. The van der Waals surface area contributed by atoms with Gasteiger partial charge >= 0.3 is 0 Å². The Labute approximate surface area is 127 Å². The quantitative estimate of drug-likeness (QED) is 0.829. The van der Waals surface area contributed by atoms with Crippen LogP contribution in [0.1, 0.15) is 31.2 Å². The summed E-state index contributed by atoms with van der Waals surface area (Å²) in [6.07, 6.45) is 0.895. The van der Waals surface area contributed by atoms with Crippen molar-refractivity contribution in [2.45, 2.75) is 32.4 Å². The van der Waals surface area contributed by atoms with E-state index in [1.807, 2.05) is 30.3 Å². The van der Waals surface area contributed by atoms with Gasteiger partial charge in [-0.2, -0.15) is 0 Å². The molecular formula is C15H17BrClNO. The molecule has 2 unspecified atom stereocenters. The third-order valence-corrected chi connectivity index (χ3v) is 3.83. The largest absolute Gasteiger partial charge is 0.453 e. The first-order valence-electron chi connectivity index (χ1n) is 6.31. The van der Waals surface area contributed by atoms with Crippen LogP contribution in [0, 0.1) is 0 Å². The molecule has 102 valence electrons. The molecule has 0 radical (unpaired) electrons. The molecule has 0 spiro atoms. The van der Waals surface area contributed by atoms with Crippen molar-refractivity contribution in [2.75, 3.05) is 0 Å². The van der Waals surface area contributed by atoms with Gasteiger partial charge in [0.2, 0.25) is 0 Å². The van der Waals surface area contributed by atoms with Crippen LogP contribution in [0.3, 0.4) is 0 Å². The average molecular weight is 343 g/mol. The molecule has 1 aromatic carbocycles. The molecular weight excluding hydrogens is 326 g/mol. The SMILES string of the molecule is CC(Cc1ccccc1Cl)NC(C)c1ccc(Br)o1. The van der Waals surface area contributed by atoms with E-state index < -0.39 is 0 Å².